The SMILES string of the molecule is CCCCCNCCC(=O)Nc1ccc(N2CCCC2)cc1. The summed E-state index contributed by atoms with van der Waals surface area (Å²) in [6.07, 6.45) is 6.77. The van der Waals surface area contributed by atoms with Crippen LogP contribution in [0.1, 0.15) is 45.4 Å². The van der Waals surface area contributed by atoms with E-state index in [2.05, 4.69) is 34.6 Å². The molecule has 1 aliphatic heterocycles. The molecule has 0 atom stereocenters. The molecular weight excluding hydrogens is 274 g/mol. The Kier molecular flexibility index (Phi) is 7.23. The smallest absolute Gasteiger partial charge is 0.225 e. The van der Waals surface area contributed by atoms with Crippen LogP contribution >= 0.6 is 0 Å². The quantitative estimate of drug-likeness (QED) is 0.687. The van der Waals surface area contributed by atoms with Gasteiger partial charge in [0.25, 0.3) is 0 Å². The monoisotopic (exact) mass is 303 g/mol. The normalized spacial score (nSPS) is 14.3. The molecule has 1 amide bonds. The molecule has 1 saturated heterocycles. The van der Waals surface area contributed by atoms with E-state index in [9.17, 15) is 4.79 Å². The van der Waals surface area contributed by atoms with Gasteiger partial charge in [-0.05, 0) is 50.1 Å². The molecule has 1 aliphatic rings. The van der Waals surface area contributed by atoms with Gasteiger partial charge in [-0.25, -0.2) is 0 Å². The summed E-state index contributed by atoms with van der Waals surface area (Å²) in [6, 6.07) is 8.20. The highest BCUT2D eigenvalue weighted by atomic mass is 16.1. The van der Waals surface area contributed by atoms with Crippen LogP contribution in [-0.4, -0.2) is 32.1 Å². The molecule has 1 heterocycles. The second-order valence-electron chi connectivity index (χ2n) is 6.00. The summed E-state index contributed by atoms with van der Waals surface area (Å²) in [5.41, 5.74) is 2.15. The summed E-state index contributed by atoms with van der Waals surface area (Å²) < 4.78 is 0. The maximum Gasteiger partial charge on any atom is 0.225 e. The number of nitrogens with one attached hydrogen (secondary N) is 2. The highest BCUT2D eigenvalue weighted by Gasteiger charge is 2.12. The van der Waals surface area contributed by atoms with Crippen LogP contribution in [0.2, 0.25) is 0 Å². The standard InChI is InChI=1S/C18H29N3O/c1-2-3-4-12-19-13-11-18(22)20-16-7-9-17(10-8-16)21-14-5-6-15-21/h7-10,19H,2-6,11-15H2,1H3,(H,20,22). The zero-order chi connectivity index (χ0) is 15.6. The molecular formula is C18H29N3O. The minimum atomic E-state index is 0.0805. The van der Waals surface area contributed by atoms with Crippen molar-refractivity contribution in [3.8, 4) is 0 Å². The van der Waals surface area contributed by atoms with Gasteiger partial charge in [-0.3, -0.25) is 4.79 Å². The van der Waals surface area contributed by atoms with Crippen molar-refractivity contribution in [2.75, 3.05) is 36.4 Å². The molecule has 0 radical (unpaired) electrons. The molecule has 0 bridgehead atoms. The minimum Gasteiger partial charge on any atom is -0.372 e. The lowest BCUT2D eigenvalue weighted by Crippen LogP contribution is -2.22. The van der Waals surface area contributed by atoms with Crippen LogP contribution in [0.25, 0.3) is 0 Å². The van der Waals surface area contributed by atoms with E-state index in [0.717, 1.165) is 31.9 Å². The van der Waals surface area contributed by atoms with Gasteiger partial charge in [-0.15, -0.1) is 0 Å². The number of hydrogen-bond acceptors (Lipinski definition) is 3. The summed E-state index contributed by atoms with van der Waals surface area (Å²) >= 11 is 0. The van der Waals surface area contributed by atoms with Gasteiger partial charge in [0.1, 0.15) is 0 Å². The fourth-order valence-corrected chi connectivity index (χ4v) is 2.78. The molecule has 0 saturated carbocycles. The van der Waals surface area contributed by atoms with E-state index in [0.29, 0.717) is 6.42 Å². The van der Waals surface area contributed by atoms with Crippen molar-refractivity contribution in [2.45, 2.75) is 45.4 Å². The van der Waals surface area contributed by atoms with Crippen molar-refractivity contribution >= 4 is 17.3 Å². The zero-order valence-electron chi connectivity index (χ0n) is 13.7. The van der Waals surface area contributed by atoms with E-state index < -0.39 is 0 Å². The number of benzene rings is 1. The fourth-order valence-electron chi connectivity index (χ4n) is 2.78. The van der Waals surface area contributed by atoms with Crippen LogP contribution in [0.3, 0.4) is 0 Å². The van der Waals surface area contributed by atoms with E-state index in [1.165, 1.54) is 37.8 Å². The minimum absolute atomic E-state index is 0.0805. The molecule has 1 aromatic carbocycles. The zero-order valence-corrected chi connectivity index (χ0v) is 13.7. The lowest BCUT2D eigenvalue weighted by molar-refractivity contribution is -0.116. The Hall–Kier alpha value is -1.55. The van der Waals surface area contributed by atoms with Crippen molar-refractivity contribution in [3.63, 3.8) is 0 Å². The lowest BCUT2D eigenvalue weighted by atomic mass is 10.2. The third-order valence-corrected chi connectivity index (χ3v) is 4.11. The van der Waals surface area contributed by atoms with Gasteiger partial charge in [-0.2, -0.15) is 0 Å². The Labute approximate surface area is 134 Å². The van der Waals surface area contributed by atoms with Crippen LogP contribution in [0.15, 0.2) is 24.3 Å². The summed E-state index contributed by atoms with van der Waals surface area (Å²) in [7, 11) is 0. The Morgan fingerprint density at radius 3 is 2.50 bits per heavy atom. The first kappa shape index (κ1) is 16.8. The average molecular weight is 303 g/mol. The van der Waals surface area contributed by atoms with Gasteiger partial charge in [0.05, 0.1) is 0 Å². The third-order valence-electron chi connectivity index (χ3n) is 4.11. The molecule has 0 aromatic heterocycles. The van der Waals surface area contributed by atoms with Crippen molar-refractivity contribution in [1.29, 1.82) is 0 Å². The van der Waals surface area contributed by atoms with E-state index in [-0.39, 0.29) is 5.91 Å². The maximum atomic E-state index is 11.9. The highest BCUT2D eigenvalue weighted by molar-refractivity contribution is 5.91. The maximum absolute atomic E-state index is 11.9. The van der Waals surface area contributed by atoms with E-state index in [1.807, 2.05) is 12.1 Å². The summed E-state index contributed by atoms with van der Waals surface area (Å²) in [5, 5.41) is 6.28. The van der Waals surface area contributed by atoms with Crippen molar-refractivity contribution in [3.05, 3.63) is 24.3 Å². The Bertz CT molecular complexity index is 438. The number of carbonyl (C=O) groups is 1. The molecule has 122 valence electrons. The number of hydrogen-bond donors (Lipinski definition) is 2. The molecule has 4 heteroatoms. The molecule has 0 aliphatic carbocycles. The van der Waals surface area contributed by atoms with Crippen LogP contribution < -0.4 is 15.5 Å². The van der Waals surface area contributed by atoms with E-state index in [1.54, 1.807) is 0 Å². The Morgan fingerprint density at radius 2 is 1.82 bits per heavy atom. The summed E-state index contributed by atoms with van der Waals surface area (Å²) in [6.45, 7) is 6.25. The Balaban J connectivity index is 1.65. The van der Waals surface area contributed by atoms with E-state index >= 15 is 0 Å². The predicted octanol–water partition coefficient (Wildman–Crippen LogP) is 3.40. The molecule has 2 rings (SSSR count). The van der Waals surface area contributed by atoms with Gasteiger partial charge in [0.2, 0.25) is 5.91 Å². The number of amides is 1. The van der Waals surface area contributed by atoms with Gasteiger partial charge < -0.3 is 15.5 Å². The van der Waals surface area contributed by atoms with Crippen molar-refractivity contribution in [2.24, 2.45) is 0 Å². The molecule has 22 heavy (non-hydrogen) atoms. The number of rotatable bonds is 9. The molecule has 1 fully saturated rings. The van der Waals surface area contributed by atoms with Gasteiger partial charge in [0, 0.05) is 37.4 Å². The predicted molar refractivity (Wildman–Crippen MR) is 93.5 cm³/mol. The molecule has 1 aromatic rings. The van der Waals surface area contributed by atoms with E-state index in [4.69, 9.17) is 0 Å². The first-order chi connectivity index (χ1) is 10.8. The Morgan fingerprint density at radius 1 is 1.09 bits per heavy atom. The topological polar surface area (TPSA) is 44.4 Å². The van der Waals surface area contributed by atoms with Gasteiger partial charge in [0.15, 0.2) is 0 Å². The molecule has 2 N–H and O–H groups in total. The first-order valence-corrected chi connectivity index (χ1v) is 8.65. The number of carbonyl (C=O) groups excluding carboxylic acids is 1. The van der Waals surface area contributed by atoms with Crippen LogP contribution in [-0.2, 0) is 4.79 Å². The van der Waals surface area contributed by atoms with Crippen LogP contribution in [0.5, 0.6) is 0 Å². The summed E-state index contributed by atoms with van der Waals surface area (Å²) in [5.74, 6) is 0.0805. The average Bonchev–Trinajstić information content (AvgIpc) is 3.06. The fraction of sp³-hybridized carbons (Fsp3) is 0.611. The van der Waals surface area contributed by atoms with Crippen molar-refractivity contribution in [1.82, 2.24) is 5.32 Å². The summed E-state index contributed by atoms with van der Waals surface area (Å²) in [4.78, 5) is 14.3. The van der Waals surface area contributed by atoms with Gasteiger partial charge in [-0.1, -0.05) is 19.8 Å². The number of nitrogens with zero attached hydrogens (tertiary/aromatic N) is 1. The third kappa shape index (κ3) is 5.68. The molecule has 0 unspecified atom stereocenters. The second-order valence-corrected chi connectivity index (χ2v) is 6.00. The van der Waals surface area contributed by atoms with Crippen LogP contribution in [0.4, 0.5) is 11.4 Å². The highest BCUT2D eigenvalue weighted by Crippen LogP contribution is 2.21. The second kappa shape index (κ2) is 9.46. The number of anilines is 2. The van der Waals surface area contributed by atoms with Crippen LogP contribution in [0, 0.1) is 0 Å². The largest absolute Gasteiger partial charge is 0.372 e. The van der Waals surface area contributed by atoms with Gasteiger partial charge >= 0.3 is 0 Å². The molecule has 4 nitrogen and oxygen atoms in total. The molecule has 0 spiro atoms. The van der Waals surface area contributed by atoms with Crippen molar-refractivity contribution < 1.29 is 4.79 Å². The lowest BCUT2D eigenvalue weighted by Gasteiger charge is -2.17. The number of unbranched alkanes of at least 4 members (excludes halogenated alkanes) is 2. The first-order valence-electron chi connectivity index (χ1n) is 8.65.